The highest BCUT2D eigenvalue weighted by Crippen LogP contribution is 2.28. The number of para-hydroxylation sites is 1. The number of nitrogens with zero attached hydrogens (tertiary/aromatic N) is 3. The summed E-state index contributed by atoms with van der Waals surface area (Å²) in [6, 6.07) is 6.09. The van der Waals surface area contributed by atoms with Crippen molar-refractivity contribution in [2.24, 2.45) is 0 Å². The van der Waals surface area contributed by atoms with Crippen LogP contribution in [0.3, 0.4) is 0 Å². The van der Waals surface area contributed by atoms with Crippen molar-refractivity contribution in [1.82, 2.24) is 14.7 Å². The minimum Gasteiger partial charge on any atom is -0.450 e. The van der Waals surface area contributed by atoms with Gasteiger partial charge in [-0.3, -0.25) is 4.79 Å². The molecule has 2 aromatic rings. The number of carbonyl (C=O) groups is 2. The molecule has 2 aliphatic heterocycles. The van der Waals surface area contributed by atoms with Crippen molar-refractivity contribution in [1.29, 1.82) is 0 Å². The van der Waals surface area contributed by atoms with E-state index in [0.717, 1.165) is 48.0 Å². The number of benzene rings is 1. The smallest absolute Gasteiger partial charge is 0.320 e. The summed E-state index contributed by atoms with van der Waals surface area (Å²) in [4.78, 5) is 31.3. The second kappa shape index (κ2) is 7.25. The molecule has 3 amide bonds. The summed E-state index contributed by atoms with van der Waals surface area (Å²) in [6.45, 7) is 7.91. The van der Waals surface area contributed by atoms with Crippen LogP contribution in [0.5, 0.6) is 0 Å². The Morgan fingerprint density at radius 2 is 1.48 bits per heavy atom. The second-order valence-electron chi connectivity index (χ2n) is 7.62. The van der Waals surface area contributed by atoms with E-state index in [1.807, 2.05) is 41.8 Å². The van der Waals surface area contributed by atoms with E-state index in [1.165, 1.54) is 6.42 Å². The van der Waals surface area contributed by atoms with Crippen LogP contribution in [0.15, 0.2) is 22.6 Å². The molecule has 6 nitrogen and oxygen atoms in total. The molecule has 4 rings (SSSR count). The minimum absolute atomic E-state index is 0.0758. The van der Waals surface area contributed by atoms with E-state index in [0.29, 0.717) is 31.9 Å². The fourth-order valence-electron chi connectivity index (χ4n) is 4.12. The molecule has 1 aromatic carbocycles. The number of hydrogen-bond donors (Lipinski definition) is 0. The topological polar surface area (TPSA) is 57.0 Å². The van der Waals surface area contributed by atoms with Crippen LogP contribution >= 0.6 is 0 Å². The summed E-state index contributed by atoms with van der Waals surface area (Å²) in [6.07, 6.45) is 3.40. The van der Waals surface area contributed by atoms with Crippen LogP contribution in [-0.4, -0.2) is 65.9 Å². The predicted molar refractivity (Wildman–Crippen MR) is 104 cm³/mol. The van der Waals surface area contributed by atoms with Gasteiger partial charge in [0.05, 0.1) is 0 Å². The van der Waals surface area contributed by atoms with E-state index in [4.69, 9.17) is 4.42 Å². The first kappa shape index (κ1) is 17.9. The van der Waals surface area contributed by atoms with Crippen molar-refractivity contribution in [2.45, 2.75) is 33.1 Å². The van der Waals surface area contributed by atoms with E-state index in [1.54, 1.807) is 4.90 Å². The molecule has 0 radical (unpaired) electrons. The third-order valence-electron chi connectivity index (χ3n) is 5.82. The number of urea groups is 1. The van der Waals surface area contributed by atoms with Crippen molar-refractivity contribution >= 4 is 22.9 Å². The number of amides is 3. The van der Waals surface area contributed by atoms with Gasteiger partial charge < -0.3 is 19.1 Å². The van der Waals surface area contributed by atoms with Crippen LogP contribution in [0.25, 0.3) is 11.0 Å². The molecule has 27 heavy (non-hydrogen) atoms. The zero-order valence-corrected chi connectivity index (χ0v) is 16.2. The lowest BCUT2D eigenvalue weighted by Crippen LogP contribution is -2.54. The lowest BCUT2D eigenvalue weighted by Gasteiger charge is -2.38. The summed E-state index contributed by atoms with van der Waals surface area (Å²) in [5, 5.41) is 0.997. The lowest BCUT2D eigenvalue weighted by molar-refractivity contribution is 0.0605. The third kappa shape index (κ3) is 3.29. The van der Waals surface area contributed by atoms with Gasteiger partial charge in [-0.1, -0.05) is 18.2 Å². The van der Waals surface area contributed by atoms with Crippen molar-refractivity contribution in [2.75, 3.05) is 39.3 Å². The number of likely N-dealkylation sites (tertiary alicyclic amines) is 1. The van der Waals surface area contributed by atoms with E-state index in [2.05, 4.69) is 0 Å². The molecule has 2 aliphatic rings. The predicted octanol–water partition coefficient (Wildman–Crippen LogP) is 3.41. The standard InChI is InChI=1S/C21H27N3O3/c1-15-7-6-8-17-16(2)19(27-18(15)17)20(25)22-11-13-24(14-12-22)21(26)23-9-4-3-5-10-23/h6-8H,3-5,9-14H2,1-2H3. The number of carbonyl (C=O) groups excluding carboxylic acids is 2. The molecule has 0 atom stereocenters. The van der Waals surface area contributed by atoms with Gasteiger partial charge in [-0.25, -0.2) is 4.79 Å². The Balaban J connectivity index is 1.44. The molecule has 0 bridgehead atoms. The normalized spacial score (nSPS) is 18.2. The van der Waals surface area contributed by atoms with Gasteiger partial charge in [0.25, 0.3) is 5.91 Å². The zero-order chi connectivity index (χ0) is 19.0. The second-order valence-corrected chi connectivity index (χ2v) is 7.62. The van der Waals surface area contributed by atoms with Crippen LogP contribution in [0.4, 0.5) is 4.79 Å². The number of piperazine rings is 1. The molecule has 2 saturated heterocycles. The molecule has 0 saturated carbocycles. The Morgan fingerprint density at radius 3 is 2.15 bits per heavy atom. The van der Waals surface area contributed by atoms with Gasteiger partial charge in [-0.05, 0) is 38.7 Å². The van der Waals surface area contributed by atoms with Crippen molar-refractivity contribution in [3.63, 3.8) is 0 Å². The molecular formula is C21H27N3O3. The highest BCUT2D eigenvalue weighted by molar-refractivity contribution is 5.99. The number of hydrogen-bond acceptors (Lipinski definition) is 3. The highest BCUT2D eigenvalue weighted by atomic mass is 16.3. The van der Waals surface area contributed by atoms with Gasteiger partial charge in [0.2, 0.25) is 0 Å². The molecule has 0 N–H and O–H groups in total. The van der Waals surface area contributed by atoms with Crippen LogP contribution in [0.1, 0.15) is 40.9 Å². The number of piperidine rings is 1. The maximum atomic E-state index is 13.0. The van der Waals surface area contributed by atoms with E-state index >= 15 is 0 Å². The maximum Gasteiger partial charge on any atom is 0.320 e. The van der Waals surface area contributed by atoms with Crippen LogP contribution in [0.2, 0.25) is 0 Å². The molecule has 2 fully saturated rings. The Labute approximate surface area is 159 Å². The Hall–Kier alpha value is -2.50. The van der Waals surface area contributed by atoms with Gasteiger partial charge in [-0.2, -0.15) is 0 Å². The third-order valence-corrected chi connectivity index (χ3v) is 5.82. The molecule has 0 unspecified atom stereocenters. The number of rotatable bonds is 1. The lowest BCUT2D eigenvalue weighted by atomic mass is 10.1. The molecule has 0 aliphatic carbocycles. The van der Waals surface area contributed by atoms with Crippen LogP contribution in [0, 0.1) is 13.8 Å². The fraction of sp³-hybridized carbons (Fsp3) is 0.524. The fourth-order valence-corrected chi connectivity index (χ4v) is 4.12. The zero-order valence-electron chi connectivity index (χ0n) is 16.2. The number of aryl methyl sites for hydroxylation is 2. The summed E-state index contributed by atoms with van der Waals surface area (Å²) in [7, 11) is 0. The van der Waals surface area contributed by atoms with E-state index < -0.39 is 0 Å². The van der Waals surface area contributed by atoms with Crippen LogP contribution < -0.4 is 0 Å². The first-order valence-electron chi connectivity index (χ1n) is 9.88. The van der Waals surface area contributed by atoms with Crippen molar-refractivity contribution < 1.29 is 14.0 Å². The summed E-state index contributed by atoms with van der Waals surface area (Å²) >= 11 is 0. The largest absolute Gasteiger partial charge is 0.450 e. The SMILES string of the molecule is Cc1c(C(=O)N2CCN(C(=O)N3CCCCC3)CC2)oc2c(C)cccc12. The number of furan rings is 1. The highest BCUT2D eigenvalue weighted by Gasteiger charge is 2.30. The van der Waals surface area contributed by atoms with Crippen molar-refractivity contribution in [3.8, 4) is 0 Å². The number of fused-ring (bicyclic) bond motifs is 1. The van der Waals surface area contributed by atoms with Gasteiger partial charge in [0.1, 0.15) is 5.58 Å². The van der Waals surface area contributed by atoms with Gasteiger partial charge in [-0.15, -0.1) is 0 Å². The molecule has 3 heterocycles. The molecular weight excluding hydrogens is 342 g/mol. The van der Waals surface area contributed by atoms with Gasteiger partial charge >= 0.3 is 6.03 Å². The summed E-state index contributed by atoms with van der Waals surface area (Å²) < 4.78 is 5.93. The first-order valence-corrected chi connectivity index (χ1v) is 9.88. The summed E-state index contributed by atoms with van der Waals surface area (Å²) in [5.41, 5.74) is 2.72. The minimum atomic E-state index is -0.0758. The van der Waals surface area contributed by atoms with Crippen LogP contribution in [-0.2, 0) is 0 Å². The molecule has 144 valence electrons. The molecule has 6 heteroatoms. The molecule has 0 spiro atoms. The average Bonchev–Trinajstić information content (AvgIpc) is 3.06. The summed E-state index contributed by atoms with van der Waals surface area (Å²) in [5.74, 6) is 0.350. The Kier molecular flexibility index (Phi) is 4.81. The first-order chi connectivity index (χ1) is 13.1. The molecule has 1 aromatic heterocycles. The van der Waals surface area contributed by atoms with Gasteiger partial charge in [0.15, 0.2) is 5.76 Å². The van der Waals surface area contributed by atoms with Crippen molar-refractivity contribution in [3.05, 3.63) is 35.1 Å². The Morgan fingerprint density at radius 1 is 0.852 bits per heavy atom. The van der Waals surface area contributed by atoms with E-state index in [9.17, 15) is 9.59 Å². The average molecular weight is 369 g/mol. The van der Waals surface area contributed by atoms with E-state index in [-0.39, 0.29) is 11.9 Å². The quantitative estimate of drug-likeness (QED) is 0.774. The Bertz CT molecular complexity index is 859. The maximum absolute atomic E-state index is 13.0. The monoisotopic (exact) mass is 369 g/mol. The van der Waals surface area contributed by atoms with Gasteiger partial charge in [0, 0.05) is 50.2 Å².